The third-order valence-corrected chi connectivity index (χ3v) is 6.84. The number of benzene rings is 2. The molecule has 31 heavy (non-hydrogen) atoms. The van der Waals surface area contributed by atoms with Gasteiger partial charge in [-0.25, -0.2) is 4.39 Å². The maximum Gasteiger partial charge on any atom is 0.137 e. The van der Waals surface area contributed by atoms with Crippen LogP contribution in [0.2, 0.25) is 0 Å². The van der Waals surface area contributed by atoms with E-state index in [-0.39, 0.29) is 42.2 Å². The average molecular weight is 450 g/mol. The molecule has 1 atom stereocenters. The lowest BCUT2D eigenvalue weighted by Gasteiger charge is -2.32. The molecule has 1 unspecified atom stereocenters. The van der Waals surface area contributed by atoms with Crippen LogP contribution in [0.15, 0.2) is 11.0 Å². The number of carbonyl (C=O) groups excluding carboxylic acids is 1. The first kappa shape index (κ1) is 27.0. The summed E-state index contributed by atoms with van der Waals surface area (Å²) in [7, 11) is 0. The first-order valence-electron chi connectivity index (χ1n) is 10.6. The monoisotopic (exact) mass is 449 g/mol. The summed E-state index contributed by atoms with van der Waals surface area (Å²) in [5.74, 6) is -0.814. The number of rotatable bonds is 6. The highest BCUT2D eigenvalue weighted by molar-refractivity contribution is 7.80. The summed E-state index contributed by atoms with van der Waals surface area (Å²) in [6.07, 6.45) is 0.0593. The maximum absolute atomic E-state index is 15.1. The highest BCUT2D eigenvalue weighted by Crippen LogP contribution is 2.40. The van der Waals surface area contributed by atoms with Crippen LogP contribution in [0.25, 0.3) is 0 Å². The molecule has 2 rings (SSSR count). The molecule has 0 aliphatic rings. The zero-order valence-electron chi connectivity index (χ0n) is 19.9. The Bertz CT molecular complexity index is 932. The van der Waals surface area contributed by atoms with Gasteiger partial charge in [-0.1, -0.05) is 13.8 Å². The molecule has 172 valence electrons. The predicted molar refractivity (Wildman–Crippen MR) is 128 cm³/mol. The number of aryl methyl sites for hydroxylation is 1. The van der Waals surface area contributed by atoms with Gasteiger partial charge >= 0.3 is 0 Å². The molecule has 0 aliphatic carbocycles. The molecule has 0 bridgehead atoms. The number of halogens is 1. The van der Waals surface area contributed by atoms with Gasteiger partial charge in [0.25, 0.3) is 0 Å². The molecule has 4 nitrogen and oxygen atoms in total. The third kappa shape index (κ3) is 5.07. The molecule has 0 aromatic heterocycles. The van der Waals surface area contributed by atoms with E-state index in [0.717, 1.165) is 5.56 Å². The minimum atomic E-state index is -1.18. The molecule has 0 spiro atoms. The highest BCUT2D eigenvalue weighted by Gasteiger charge is 2.38. The Balaban J connectivity index is 0.00000233. The Kier molecular flexibility index (Phi) is 9.15. The van der Waals surface area contributed by atoms with Crippen LogP contribution in [-0.4, -0.2) is 22.5 Å². The van der Waals surface area contributed by atoms with E-state index in [1.165, 1.54) is 6.92 Å². The Labute approximate surface area is 191 Å². The number of phenols is 2. The van der Waals surface area contributed by atoms with Gasteiger partial charge in [0.05, 0.1) is 0 Å². The van der Waals surface area contributed by atoms with Crippen molar-refractivity contribution in [1.82, 2.24) is 0 Å². The van der Waals surface area contributed by atoms with Gasteiger partial charge in [-0.15, -0.1) is 12.6 Å². The van der Waals surface area contributed by atoms with E-state index in [1.807, 2.05) is 20.8 Å². The Hall–Kier alpha value is -2.05. The first-order chi connectivity index (χ1) is 14.4. The fraction of sp³-hybridized carbons (Fsp3) is 0.480. The lowest BCUT2D eigenvalue weighted by atomic mass is 9.72. The number of aromatic hydroxyl groups is 2. The molecule has 0 aliphatic heterocycles. The largest absolute Gasteiger partial charge is 0.507 e. The second kappa shape index (κ2) is 10.5. The first-order valence-corrected chi connectivity index (χ1v) is 11.0. The van der Waals surface area contributed by atoms with Gasteiger partial charge in [0.15, 0.2) is 0 Å². The number of Topliss-reactive ketones (excluding diaryl/α,β-unsaturated/α-hetero) is 1. The van der Waals surface area contributed by atoms with Crippen molar-refractivity contribution in [3.8, 4) is 11.5 Å². The standard InChI is InChI=1S/C23H30FNO3S.C2H6/c1-11-7-19(29)15(5)17(21(11)27)8-23(10-25,16(6)26)9-18-20(24)13(3)12(2)14(4)22(18)28;1-2/h7,27-29H,8-10,25H2,1-6H3;1-2H3. The lowest BCUT2D eigenvalue weighted by molar-refractivity contribution is -0.126. The van der Waals surface area contributed by atoms with E-state index in [1.54, 1.807) is 33.8 Å². The second-order valence-electron chi connectivity index (χ2n) is 8.08. The number of nitrogens with two attached hydrogens (primary N) is 1. The van der Waals surface area contributed by atoms with E-state index >= 15 is 4.39 Å². The van der Waals surface area contributed by atoms with Crippen molar-refractivity contribution in [2.45, 2.75) is 73.1 Å². The number of thiol groups is 1. The minimum Gasteiger partial charge on any atom is -0.507 e. The molecule has 4 N–H and O–H groups in total. The number of carbonyl (C=O) groups is 1. The summed E-state index contributed by atoms with van der Waals surface area (Å²) in [5, 5.41) is 21.3. The van der Waals surface area contributed by atoms with E-state index in [0.29, 0.717) is 32.7 Å². The SMILES string of the molecule is CC.CC(=O)C(CN)(Cc1c(C)c(S)cc(C)c1O)Cc1c(O)c(C)c(C)c(C)c1F. The molecular formula is C25H36FNO3S. The molecule has 6 heteroatoms. The molecule has 0 fully saturated rings. The van der Waals surface area contributed by atoms with Gasteiger partial charge in [0.1, 0.15) is 23.1 Å². The van der Waals surface area contributed by atoms with Crippen LogP contribution in [0.4, 0.5) is 4.39 Å². The summed E-state index contributed by atoms with van der Waals surface area (Å²) >= 11 is 4.46. The van der Waals surface area contributed by atoms with Gasteiger partial charge < -0.3 is 15.9 Å². The van der Waals surface area contributed by atoms with Crippen molar-refractivity contribution in [1.29, 1.82) is 0 Å². The summed E-state index contributed by atoms with van der Waals surface area (Å²) < 4.78 is 15.1. The molecule has 0 amide bonds. The predicted octanol–water partition coefficient (Wildman–Crippen LogP) is 5.41. The minimum absolute atomic E-state index is 0.0537. The van der Waals surface area contributed by atoms with E-state index in [9.17, 15) is 15.0 Å². The molecule has 0 saturated heterocycles. The summed E-state index contributed by atoms with van der Waals surface area (Å²) in [6, 6.07) is 1.76. The van der Waals surface area contributed by atoms with Crippen molar-refractivity contribution in [2.24, 2.45) is 11.1 Å². The quantitative estimate of drug-likeness (QED) is 0.444. The van der Waals surface area contributed by atoms with Crippen LogP contribution < -0.4 is 5.73 Å². The molecule has 0 heterocycles. The van der Waals surface area contributed by atoms with Crippen molar-refractivity contribution in [3.63, 3.8) is 0 Å². The summed E-state index contributed by atoms with van der Waals surface area (Å²) in [5.41, 5.74) is 8.62. The van der Waals surface area contributed by atoms with Crippen LogP contribution >= 0.6 is 12.6 Å². The van der Waals surface area contributed by atoms with Crippen LogP contribution in [0.5, 0.6) is 11.5 Å². The fourth-order valence-electron chi connectivity index (χ4n) is 3.79. The van der Waals surface area contributed by atoms with Crippen molar-refractivity contribution in [3.05, 3.63) is 50.8 Å². The molecule has 0 saturated carbocycles. The highest BCUT2D eigenvalue weighted by atomic mass is 32.1. The number of hydrogen-bond acceptors (Lipinski definition) is 5. The normalized spacial score (nSPS) is 12.7. The zero-order chi connectivity index (χ0) is 24.3. The number of hydrogen-bond donors (Lipinski definition) is 4. The van der Waals surface area contributed by atoms with Crippen molar-refractivity contribution < 1.29 is 19.4 Å². The van der Waals surface area contributed by atoms with E-state index < -0.39 is 11.2 Å². The average Bonchev–Trinajstić information content (AvgIpc) is 2.75. The van der Waals surface area contributed by atoms with E-state index in [4.69, 9.17) is 5.73 Å². The van der Waals surface area contributed by atoms with Gasteiger partial charge in [-0.2, -0.15) is 0 Å². The van der Waals surface area contributed by atoms with Crippen LogP contribution in [0.3, 0.4) is 0 Å². The second-order valence-corrected chi connectivity index (χ2v) is 8.56. The lowest BCUT2D eigenvalue weighted by Crippen LogP contribution is -2.42. The van der Waals surface area contributed by atoms with Crippen LogP contribution in [-0.2, 0) is 17.6 Å². The number of ketones is 1. The fourth-order valence-corrected chi connectivity index (χ4v) is 4.11. The van der Waals surface area contributed by atoms with Gasteiger partial charge in [0, 0.05) is 22.4 Å². The van der Waals surface area contributed by atoms with Gasteiger partial charge in [0.2, 0.25) is 0 Å². The van der Waals surface area contributed by atoms with Crippen LogP contribution in [0.1, 0.15) is 59.7 Å². The van der Waals surface area contributed by atoms with Crippen LogP contribution in [0, 0.1) is 45.9 Å². The van der Waals surface area contributed by atoms with Gasteiger partial charge in [-0.3, -0.25) is 4.79 Å². The topological polar surface area (TPSA) is 83.6 Å². The molecule has 2 aromatic rings. The zero-order valence-corrected chi connectivity index (χ0v) is 20.8. The third-order valence-electron chi connectivity index (χ3n) is 6.38. The Morgan fingerprint density at radius 2 is 1.48 bits per heavy atom. The molecule has 0 radical (unpaired) electrons. The Morgan fingerprint density at radius 1 is 0.968 bits per heavy atom. The van der Waals surface area contributed by atoms with Gasteiger partial charge in [-0.05, 0) is 93.8 Å². The maximum atomic E-state index is 15.1. The van der Waals surface area contributed by atoms with Crippen molar-refractivity contribution >= 4 is 18.4 Å². The molecular weight excluding hydrogens is 413 g/mol. The smallest absolute Gasteiger partial charge is 0.137 e. The molecule has 2 aromatic carbocycles. The van der Waals surface area contributed by atoms with E-state index in [2.05, 4.69) is 12.6 Å². The summed E-state index contributed by atoms with van der Waals surface area (Å²) in [6.45, 7) is 14.1. The Morgan fingerprint density at radius 3 is 1.97 bits per heavy atom. The number of phenolic OH excluding ortho intramolecular Hbond substituents is 2. The van der Waals surface area contributed by atoms with Crippen molar-refractivity contribution in [2.75, 3.05) is 6.54 Å². The summed E-state index contributed by atoms with van der Waals surface area (Å²) in [4.78, 5) is 13.5.